The standard InChI is InChI=1S/C15H21N3O2S/c1-2-20-14-5-3-13(4-6-14)11-16-17-15(19)12-18-7-9-21-10-8-18/h3-6,11H,2,7-10,12H2,1H3,(H,17,19)/b16-11-. The van der Waals surface area contributed by atoms with Gasteiger partial charge < -0.3 is 4.74 Å². The molecule has 6 heteroatoms. The van der Waals surface area contributed by atoms with Gasteiger partial charge in [0.1, 0.15) is 5.75 Å². The van der Waals surface area contributed by atoms with Crippen molar-refractivity contribution >= 4 is 23.9 Å². The van der Waals surface area contributed by atoms with E-state index < -0.39 is 0 Å². The number of ether oxygens (including phenoxy) is 1. The highest BCUT2D eigenvalue weighted by atomic mass is 32.2. The first kappa shape index (κ1) is 15.9. The molecular weight excluding hydrogens is 286 g/mol. The summed E-state index contributed by atoms with van der Waals surface area (Å²) in [5.41, 5.74) is 3.49. The van der Waals surface area contributed by atoms with E-state index in [4.69, 9.17) is 4.74 Å². The summed E-state index contributed by atoms with van der Waals surface area (Å²) in [6.07, 6.45) is 1.64. The maximum absolute atomic E-state index is 11.7. The average molecular weight is 307 g/mol. The van der Waals surface area contributed by atoms with Gasteiger partial charge in [-0.05, 0) is 36.8 Å². The molecule has 1 aliphatic rings. The first-order valence-electron chi connectivity index (χ1n) is 7.13. The topological polar surface area (TPSA) is 53.9 Å². The lowest BCUT2D eigenvalue weighted by Crippen LogP contribution is -2.40. The van der Waals surface area contributed by atoms with Gasteiger partial charge in [0.15, 0.2) is 0 Å². The van der Waals surface area contributed by atoms with E-state index in [0.717, 1.165) is 35.9 Å². The quantitative estimate of drug-likeness (QED) is 0.640. The molecule has 0 aliphatic carbocycles. The van der Waals surface area contributed by atoms with Crippen molar-refractivity contribution in [3.8, 4) is 5.75 Å². The van der Waals surface area contributed by atoms with E-state index in [2.05, 4.69) is 15.4 Å². The number of amides is 1. The summed E-state index contributed by atoms with van der Waals surface area (Å²) in [4.78, 5) is 13.9. The van der Waals surface area contributed by atoms with Crippen molar-refractivity contribution in [2.45, 2.75) is 6.92 Å². The molecule has 1 heterocycles. The van der Waals surface area contributed by atoms with Crippen LogP contribution in [0.25, 0.3) is 0 Å². The second-order valence-corrected chi connectivity index (χ2v) is 5.91. The molecule has 0 saturated carbocycles. The summed E-state index contributed by atoms with van der Waals surface area (Å²) >= 11 is 1.93. The second kappa shape index (κ2) is 8.69. The molecule has 0 spiro atoms. The molecule has 1 aromatic rings. The fourth-order valence-corrected chi connectivity index (χ4v) is 2.97. The normalized spacial score (nSPS) is 16.0. The number of nitrogens with one attached hydrogen (secondary N) is 1. The molecule has 1 saturated heterocycles. The fraction of sp³-hybridized carbons (Fsp3) is 0.467. The predicted octanol–water partition coefficient (Wildman–Crippen LogP) is 1.58. The number of carbonyl (C=O) groups is 1. The van der Waals surface area contributed by atoms with Crippen molar-refractivity contribution in [2.24, 2.45) is 5.10 Å². The van der Waals surface area contributed by atoms with Gasteiger partial charge in [0.05, 0.1) is 19.4 Å². The highest BCUT2D eigenvalue weighted by molar-refractivity contribution is 7.99. The molecule has 1 amide bonds. The van der Waals surface area contributed by atoms with Gasteiger partial charge in [-0.25, -0.2) is 5.43 Å². The predicted molar refractivity (Wildman–Crippen MR) is 87.1 cm³/mol. The molecule has 0 bridgehead atoms. The third-order valence-corrected chi connectivity index (χ3v) is 4.01. The summed E-state index contributed by atoms with van der Waals surface area (Å²) in [6, 6.07) is 7.58. The van der Waals surface area contributed by atoms with Crippen LogP contribution in [-0.2, 0) is 4.79 Å². The summed E-state index contributed by atoms with van der Waals surface area (Å²) in [7, 11) is 0. The van der Waals surface area contributed by atoms with E-state index in [9.17, 15) is 4.79 Å². The molecule has 0 aromatic heterocycles. The molecular formula is C15H21N3O2S. The van der Waals surface area contributed by atoms with E-state index in [1.807, 2.05) is 43.0 Å². The Bertz CT molecular complexity index is 470. The number of hydrogen-bond acceptors (Lipinski definition) is 5. The van der Waals surface area contributed by atoms with Crippen LogP contribution >= 0.6 is 11.8 Å². The van der Waals surface area contributed by atoms with E-state index in [0.29, 0.717) is 13.2 Å². The molecule has 0 radical (unpaired) electrons. The molecule has 5 nitrogen and oxygen atoms in total. The number of hydrazone groups is 1. The van der Waals surface area contributed by atoms with Gasteiger partial charge in [0.2, 0.25) is 0 Å². The van der Waals surface area contributed by atoms with E-state index in [1.165, 1.54) is 0 Å². The number of hydrogen-bond donors (Lipinski definition) is 1. The first-order chi connectivity index (χ1) is 10.3. The van der Waals surface area contributed by atoms with Crippen LogP contribution in [0.1, 0.15) is 12.5 Å². The van der Waals surface area contributed by atoms with Crippen LogP contribution < -0.4 is 10.2 Å². The van der Waals surface area contributed by atoms with Crippen molar-refractivity contribution < 1.29 is 9.53 Å². The Morgan fingerprint density at radius 2 is 2.10 bits per heavy atom. The molecule has 0 atom stereocenters. The van der Waals surface area contributed by atoms with Gasteiger partial charge in [0, 0.05) is 24.6 Å². The van der Waals surface area contributed by atoms with Crippen LogP contribution in [0.5, 0.6) is 5.75 Å². The molecule has 2 rings (SSSR count). The zero-order chi connectivity index (χ0) is 14.9. The summed E-state index contributed by atoms with van der Waals surface area (Å²) in [6.45, 7) is 4.97. The number of rotatable bonds is 6. The minimum absolute atomic E-state index is 0.0657. The Labute approximate surface area is 129 Å². The molecule has 0 unspecified atom stereocenters. The van der Waals surface area contributed by atoms with Crippen LogP contribution in [0.4, 0.5) is 0 Å². The summed E-state index contributed by atoms with van der Waals surface area (Å²) in [5, 5.41) is 3.99. The van der Waals surface area contributed by atoms with Crippen LogP contribution in [0.3, 0.4) is 0 Å². The molecule has 1 aromatic carbocycles. The first-order valence-corrected chi connectivity index (χ1v) is 8.28. The van der Waals surface area contributed by atoms with Crippen LogP contribution in [0.2, 0.25) is 0 Å². The van der Waals surface area contributed by atoms with Gasteiger partial charge in [-0.15, -0.1) is 0 Å². The maximum atomic E-state index is 11.7. The third kappa shape index (κ3) is 5.77. The zero-order valence-electron chi connectivity index (χ0n) is 12.2. The Morgan fingerprint density at radius 1 is 1.38 bits per heavy atom. The largest absolute Gasteiger partial charge is 0.494 e. The summed E-state index contributed by atoms with van der Waals surface area (Å²) < 4.78 is 5.37. The van der Waals surface area contributed by atoms with Gasteiger partial charge >= 0.3 is 0 Å². The van der Waals surface area contributed by atoms with E-state index >= 15 is 0 Å². The summed E-state index contributed by atoms with van der Waals surface area (Å²) in [5.74, 6) is 2.97. The van der Waals surface area contributed by atoms with Crippen molar-refractivity contribution in [1.29, 1.82) is 0 Å². The average Bonchev–Trinajstić information content (AvgIpc) is 2.50. The monoisotopic (exact) mass is 307 g/mol. The van der Waals surface area contributed by atoms with Crippen molar-refractivity contribution in [1.82, 2.24) is 10.3 Å². The SMILES string of the molecule is CCOc1ccc(/C=N\NC(=O)CN2CCSCC2)cc1. The van der Waals surface area contributed by atoms with Crippen LogP contribution in [-0.4, -0.2) is 54.8 Å². The van der Waals surface area contributed by atoms with Crippen LogP contribution in [0.15, 0.2) is 29.4 Å². The Kier molecular flexibility index (Phi) is 6.56. The molecule has 1 fully saturated rings. The lowest BCUT2D eigenvalue weighted by Gasteiger charge is -2.24. The molecule has 114 valence electrons. The lowest BCUT2D eigenvalue weighted by molar-refractivity contribution is -0.122. The zero-order valence-corrected chi connectivity index (χ0v) is 13.1. The molecule has 1 aliphatic heterocycles. The smallest absolute Gasteiger partial charge is 0.254 e. The van der Waals surface area contributed by atoms with Gasteiger partial charge in [-0.1, -0.05) is 0 Å². The number of nitrogens with zero attached hydrogens (tertiary/aromatic N) is 2. The number of carbonyl (C=O) groups excluding carboxylic acids is 1. The fourth-order valence-electron chi connectivity index (χ4n) is 1.99. The Morgan fingerprint density at radius 3 is 2.76 bits per heavy atom. The highest BCUT2D eigenvalue weighted by Gasteiger charge is 2.13. The number of thioether (sulfide) groups is 1. The molecule has 21 heavy (non-hydrogen) atoms. The van der Waals surface area contributed by atoms with Gasteiger partial charge in [-0.2, -0.15) is 16.9 Å². The van der Waals surface area contributed by atoms with Gasteiger partial charge in [-0.3, -0.25) is 9.69 Å². The minimum Gasteiger partial charge on any atom is -0.494 e. The van der Waals surface area contributed by atoms with Crippen molar-refractivity contribution in [2.75, 3.05) is 37.7 Å². The highest BCUT2D eigenvalue weighted by Crippen LogP contribution is 2.10. The third-order valence-electron chi connectivity index (χ3n) is 3.06. The Balaban J connectivity index is 1.74. The maximum Gasteiger partial charge on any atom is 0.254 e. The van der Waals surface area contributed by atoms with Gasteiger partial charge in [0.25, 0.3) is 5.91 Å². The van der Waals surface area contributed by atoms with E-state index in [-0.39, 0.29) is 5.91 Å². The molecule has 1 N–H and O–H groups in total. The van der Waals surface area contributed by atoms with Crippen molar-refractivity contribution in [3.63, 3.8) is 0 Å². The van der Waals surface area contributed by atoms with E-state index in [1.54, 1.807) is 6.21 Å². The van der Waals surface area contributed by atoms with Crippen LogP contribution in [0, 0.1) is 0 Å². The minimum atomic E-state index is -0.0657. The number of benzene rings is 1. The van der Waals surface area contributed by atoms with Crippen molar-refractivity contribution in [3.05, 3.63) is 29.8 Å². The second-order valence-electron chi connectivity index (χ2n) is 4.68. The Hall–Kier alpha value is -1.53. The lowest BCUT2D eigenvalue weighted by atomic mass is 10.2.